The maximum absolute atomic E-state index is 12.3. The van der Waals surface area contributed by atoms with Crippen LogP contribution in [0.1, 0.15) is 23.2 Å². The van der Waals surface area contributed by atoms with E-state index in [9.17, 15) is 14.8 Å². The van der Waals surface area contributed by atoms with E-state index in [1.165, 1.54) is 0 Å². The van der Waals surface area contributed by atoms with Gasteiger partial charge in [-0.05, 0) is 40.0 Å². The molecule has 0 bridgehead atoms. The number of nitrogens with zero attached hydrogens (tertiary/aromatic N) is 1. The third-order valence-electron chi connectivity index (χ3n) is 3.84. The van der Waals surface area contributed by atoms with E-state index in [4.69, 9.17) is 11.4 Å². The fourth-order valence-electron chi connectivity index (χ4n) is 2.47. The van der Waals surface area contributed by atoms with E-state index in [0.717, 1.165) is 15.9 Å². The highest BCUT2D eigenvalue weighted by molar-refractivity contribution is 6.43. The molecule has 0 fully saturated rings. The van der Waals surface area contributed by atoms with Crippen molar-refractivity contribution in [2.24, 2.45) is 5.84 Å². The molecule has 25 heavy (non-hydrogen) atoms. The lowest BCUT2D eigenvalue weighted by Gasteiger charge is -2.17. The van der Waals surface area contributed by atoms with E-state index in [-0.39, 0.29) is 12.5 Å². The van der Waals surface area contributed by atoms with Gasteiger partial charge in [0.05, 0.1) is 5.94 Å². The zero-order chi connectivity index (χ0) is 18.2. The molecule has 0 spiro atoms. The van der Waals surface area contributed by atoms with Gasteiger partial charge in [0.25, 0.3) is 5.91 Å². The summed E-state index contributed by atoms with van der Waals surface area (Å²) in [5.41, 5.74) is 9.58. The highest BCUT2D eigenvalue weighted by atomic mass is 16.4. The molecule has 0 heterocycles. The van der Waals surface area contributed by atoms with Gasteiger partial charge in [0.15, 0.2) is 6.54 Å². The van der Waals surface area contributed by atoms with Crippen molar-refractivity contribution in [2.45, 2.75) is 18.8 Å². The molecule has 0 aliphatic heterocycles. The molecule has 2 aromatic carbocycles. The van der Waals surface area contributed by atoms with Gasteiger partial charge in [0.1, 0.15) is 0 Å². The summed E-state index contributed by atoms with van der Waals surface area (Å²) in [6.07, 6.45) is 0.758. The van der Waals surface area contributed by atoms with Crippen LogP contribution in [0.3, 0.4) is 0 Å². The van der Waals surface area contributed by atoms with Crippen LogP contribution in [-0.2, 0) is 0 Å². The fraction of sp³-hybridized carbons (Fsp3) is 0.235. The fourth-order valence-corrected chi connectivity index (χ4v) is 2.47. The van der Waals surface area contributed by atoms with Gasteiger partial charge < -0.3 is 15.4 Å². The van der Waals surface area contributed by atoms with Crippen LogP contribution in [0.4, 0.5) is 0 Å². The van der Waals surface area contributed by atoms with Crippen molar-refractivity contribution in [3.05, 3.63) is 60.2 Å². The Balaban J connectivity index is 2.00. The SMILES string of the molecule is N=[N+](N)CCC[C@H](NC(=O)c1ccc(-c2ccccc2)cc1)B(O)O. The Hall–Kier alpha value is -2.71. The van der Waals surface area contributed by atoms with Gasteiger partial charge in [-0.1, -0.05) is 42.5 Å². The van der Waals surface area contributed by atoms with Crippen molar-refractivity contribution < 1.29 is 19.6 Å². The van der Waals surface area contributed by atoms with Crippen LogP contribution in [-0.4, -0.2) is 40.4 Å². The van der Waals surface area contributed by atoms with Gasteiger partial charge in [0.2, 0.25) is 0 Å². The number of nitrogens with one attached hydrogen (secondary N) is 2. The molecular weight excluding hydrogens is 319 g/mol. The topological polar surface area (TPSA) is 122 Å². The third kappa shape index (κ3) is 5.70. The zero-order valence-electron chi connectivity index (χ0n) is 13.8. The minimum Gasteiger partial charge on any atom is -0.426 e. The Morgan fingerprint density at radius 3 is 2.28 bits per heavy atom. The van der Waals surface area contributed by atoms with E-state index in [1.54, 1.807) is 12.1 Å². The van der Waals surface area contributed by atoms with Crippen LogP contribution in [0.25, 0.3) is 11.1 Å². The van der Waals surface area contributed by atoms with Crippen LogP contribution in [0, 0.1) is 5.53 Å². The predicted molar refractivity (Wildman–Crippen MR) is 94.6 cm³/mol. The number of amides is 1. The number of nitrogens with two attached hydrogens (primary N) is 1. The summed E-state index contributed by atoms with van der Waals surface area (Å²) in [5, 5.41) is 21.4. The average Bonchev–Trinajstić information content (AvgIpc) is 2.61. The summed E-state index contributed by atoms with van der Waals surface area (Å²) >= 11 is 0. The van der Waals surface area contributed by atoms with Gasteiger partial charge in [-0.3, -0.25) is 4.79 Å². The smallest absolute Gasteiger partial charge is 0.426 e. The number of hydrogen-bond donors (Lipinski definition) is 5. The first-order valence-electron chi connectivity index (χ1n) is 8.03. The monoisotopic (exact) mass is 341 g/mol. The van der Waals surface area contributed by atoms with Crippen LogP contribution in [0.5, 0.6) is 0 Å². The maximum Gasteiger partial charge on any atom is 0.475 e. The molecule has 7 nitrogen and oxygen atoms in total. The highest BCUT2D eigenvalue weighted by Crippen LogP contribution is 2.19. The summed E-state index contributed by atoms with van der Waals surface area (Å²) in [4.78, 5) is 13.1. The number of carbonyl (C=O) groups is 1. The number of hydrazine groups is 1. The molecule has 0 aliphatic carbocycles. The van der Waals surface area contributed by atoms with Crippen LogP contribution in [0.15, 0.2) is 54.6 Å². The predicted octanol–water partition coefficient (Wildman–Crippen LogP) is 1.16. The molecule has 0 radical (unpaired) electrons. The lowest BCUT2D eigenvalue weighted by Crippen LogP contribution is -2.46. The normalized spacial score (nSPS) is 11.6. The molecule has 2 rings (SSSR count). The first-order chi connectivity index (χ1) is 12.0. The van der Waals surface area contributed by atoms with E-state index in [0.29, 0.717) is 18.4 Å². The molecule has 0 saturated carbocycles. The minimum absolute atomic E-state index is 0.269. The van der Waals surface area contributed by atoms with Gasteiger partial charge in [0, 0.05) is 12.0 Å². The molecule has 0 saturated heterocycles. The summed E-state index contributed by atoms with van der Waals surface area (Å²) < 4.78 is 0. The van der Waals surface area contributed by atoms with Crippen LogP contribution in [0.2, 0.25) is 0 Å². The molecule has 1 amide bonds. The Morgan fingerprint density at radius 1 is 1.12 bits per heavy atom. The van der Waals surface area contributed by atoms with Gasteiger partial charge in [-0.15, -0.1) is 0 Å². The van der Waals surface area contributed by atoms with Gasteiger partial charge in [-0.25, -0.2) is 0 Å². The van der Waals surface area contributed by atoms with Gasteiger partial charge in [-0.2, -0.15) is 5.84 Å². The zero-order valence-corrected chi connectivity index (χ0v) is 13.8. The molecule has 0 aromatic heterocycles. The molecule has 0 aliphatic rings. The lowest BCUT2D eigenvalue weighted by atomic mass is 9.76. The maximum atomic E-state index is 12.3. The van der Waals surface area contributed by atoms with Crippen molar-refractivity contribution in [3.63, 3.8) is 0 Å². The summed E-state index contributed by atoms with van der Waals surface area (Å²) in [5.74, 6) is 4.00. The molecular formula is C17H22BN4O3+. The molecule has 1 atom stereocenters. The first-order valence-corrected chi connectivity index (χ1v) is 8.03. The van der Waals surface area contributed by atoms with Gasteiger partial charge >= 0.3 is 7.12 Å². The lowest BCUT2D eigenvalue weighted by molar-refractivity contribution is -0.626. The van der Waals surface area contributed by atoms with Crippen LogP contribution < -0.4 is 11.2 Å². The minimum atomic E-state index is -1.68. The first kappa shape index (κ1) is 18.6. The number of rotatable bonds is 8. The second-order valence-electron chi connectivity index (χ2n) is 5.77. The molecule has 8 heteroatoms. The number of benzene rings is 2. The average molecular weight is 341 g/mol. The van der Waals surface area contributed by atoms with Crippen molar-refractivity contribution in [1.82, 2.24) is 5.32 Å². The standard InChI is InChI=1S/C17H21BN4O3/c19-22(20)12-4-7-16(18(24)25)21-17(23)15-10-8-14(9-11-15)13-5-2-1-3-6-13/h1-3,5-6,8-11,16,24-25H,4,7,12H2,(H3-,19,20,21,23)/p+1/t16-/m0/s1. The van der Waals surface area contributed by atoms with Crippen molar-refractivity contribution >= 4 is 13.0 Å². The third-order valence-corrected chi connectivity index (χ3v) is 3.84. The number of carbonyl (C=O) groups excluding carboxylic acids is 1. The Kier molecular flexibility index (Phi) is 6.67. The molecule has 130 valence electrons. The second-order valence-corrected chi connectivity index (χ2v) is 5.77. The molecule has 2 aromatic rings. The van der Waals surface area contributed by atoms with Crippen molar-refractivity contribution in [1.29, 1.82) is 5.53 Å². The Bertz CT molecular complexity index is 708. The quantitative estimate of drug-likeness (QED) is 0.163. The Labute approximate surface area is 146 Å². The molecule has 6 N–H and O–H groups in total. The van der Waals surface area contributed by atoms with Crippen molar-refractivity contribution in [3.8, 4) is 11.1 Å². The Morgan fingerprint density at radius 2 is 1.72 bits per heavy atom. The van der Waals surface area contributed by atoms with E-state index < -0.39 is 13.1 Å². The second kappa shape index (κ2) is 8.96. The van der Waals surface area contributed by atoms with Crippen LogP contribution >= 0.6 is 0 Å². The van der Waals surface area contributed by atoms with E-state index >= 15 is 0 Å². The summed E-state index contributed by atoms with van der Waals surface area (Å²) in [6, 6.07) is 16.9. The molecule has 0 unspecified atom stereocenters. The summed E-state index contributed by atoms with van der Waals surface area (Å²) in [7, 11) is -1.68. The van der Waals surface area contributed by atoms with E-state index in [2.05, 4.69) is 5.32 Å². The van der Waals surface area contributed by atoms with E-state index in [1.807, 2.05) is 42.5 Å². The summed E-state index contributed by atoms with van der Waals surface area (Å²) in [6.45, 7) is 0.269. The largest absolute Gasteiger partial charge is 0.475 e. The highest BCUT2D eigenvalue weighted by Gasteiger charge is 2.25. The van der Waals surface area contributed by atoms with Crippen molar-refractivity contribution in [2.75, 3.05) is 6.54 Å². The number of hydrogen-bond acceptors (Lipinski definition) is 4.